The summed E-state index contributed by atoms with van der Waals surface area (Å²) in [6, 6.07) is 0. The summed E-state index contributed by atoms with van der Waals surface area (Å²) in [6.07, 6.45) is 39.5. The first kappa shape index (κ1) is 72.0. The molecule has 0 aromatic rings. The number of rotatable bonds is 23. The second-order valence-electron chi connectivity index (χ2n) is 8.58. The minimum absolute atomic E-state index is 0. The standard InChI is InChI=1S/3C9H16O.C8H12.C4H6.CH4O.CH4.I3.I2/c1-4-6-7-8-9(5-2)10-3;2*1-3-4-5-6-7-8-9-10-2;1-3-5-7-8-6-4-2;1-3-4-2;1-2;;1-3-2;1-2/h4-5,9H,1-2,6-8H2,3H3;2*3,7-8H,1,4-6,9H2,2H3;3-5,7H,1-2,6,8H2;3-4H,1-2H2;2H,1H3;1H4;;/q;;;;;;;-1;/b;8-7+;8-7-;7-5+;;;;;. The Labute approximate surface area is 365 Å². The molecule has 0 aromatic heterocycles. The van der Waals surface area contributed by atoms with Gasteiger partial charge in [0.15, 0.2) is 0 Å². The summed E-state index contributed by atoms with van der Waals surface area (Å²) in [7, 11) is 6.11. The number of halogens is 5. The fourth-order valence-corrected chi connectivity index (χ4v) is 2.53. The van der Waals surface area contributed by atoms with E-state index in [1.165, 1.54) is 12.8 Å². The zero-order valence-corrected chi connectivity index (χ0v) is 41.9. The van der Waals surface area contributed by atoms with E-state index in [9.17, 15) is 0 Å². The zero-order valence-electron chi connectivity index (χ0n) is 31.1. The molecule has 1 atom stereocenters. The summed E-state index contributed by atoms with van der Waals surface area (Å²) in [5.41, 5.74) is 0. The Morgan fingerprint density at radius 1 is 0.560 bits per heavy atom. The van der Waals surface area contributed by atoms with E-state index in [4.69, 9.17) is 19.3 Å². The van der Waals surface area contributed by atoms with E-state index < -0.39 is 0 Å². The molecule has 0 saturated heterocycles. The number of unbranched alkanes of at least 4 members (excludes halogenated alkanes) is 6. The summed E-state index contributed by atoms with van der Waals surface area (Å²) in [6.45, 7) is 29.9. The average molecular weight is 1270 g/mol. The maximum absolute atomic E-state index is 7.00. The normalized spacial score (nSPS) is 9.30. The van der Waals surface area contributed by atoms with Gasteiger partial charge in [-0.2, -0.15) is 0 Å². The molecular formula is C41H74I5O4-. The van der Waals surface area contributed by atoms with Gasteiger partial charge in [-0.15, -0.1) is 32.9 Å². The Morgan fingerprint density at radius 2 is 0.940 bits per heavy atom. The Kier molecular flexibility index (Phi) is 141. The topological polar surface area (TPSA) is 47.9 Å². The van der Waals surface area contributed by atoms with Crippen LogP contribution in [0.25, 0.3) is 0 Å². The van der Waals surface area contributed by atoms with Crippen LogP contribution in [-0.2, 0) is 14.2 Å². The summed E-state index contributed by atoms with van der Waals surface area (Å²) in [4.78, 5) is 0. The number of hydrogen-bond acceptors (Lipinski definition) is 4. The molecule has 0 rings (SSSR count). The first-order valence-corrected chi connectivity index (χ1v) is 34.6. The van der Waals surface area contributed by atoms with Crippen molar-refractivity contribution in [3.63, 3.8) is 0 Å². The molecule has 0 aromatic carbocycles. The van der Waals surface area contributed by atoms with E-state index >= 15 is 0 Å². The monoisotopic (exact) mass is 1270 g/mol. The fraction of sp³-hybridized carbons (Fsp3) is 0.463. The maximum atomic E-state index is 7.00. The van der Waals surface area contributed by atoms with Crippen LogP contribution in [0.5, 0.6) is 0 Å². The van der Waals surface area contributed by atoms with E-state index in [0.29, 0.717) is 13.3 Å². The van der Waals surface area contributed by atoms with Crippen LogP contribution in [0.15, 0.2) is 138 Å². The van der Waals surface area contributed by atoms with E-state index in [0.717, 1.165) is 78.1 Å². The van der Waals surface area contributed by atoms with E-state index in [1.54, 1.807) is 39.6 Å². The molecule has 0 aliphatic heterocycles. The van der Waals surface area contributed by atoms with Crippen molar-refractivity contribution < 1.29 is 32.6 Å². The summed E-state index contributed by atoms with van der Waals surface area (Å²) in [5.74, 6) is 0. The minimum atomic E-state index is 0. The molecule has 4 nitrogen and oxygen atoms in total. The first-order chi connectivity index (χ1) is 23.9. The number of hydrogen-bond donors (Lipinski definition) is 1. The van der Waals surface area contributed by atoms with Gasteiger partial charge in [-0.3, -0.25) is 0 Å². The summed E-state index contributed by atoms with van der Waals surface area (Å²) in [5, 5.41) is 7.00. The van der Waals surface area contributed by atoms with Gasteiger partial charge in [0, 0.05) is 65.7 Å². The molecule has 0 heterocycles. The van der Waals surface area contributed by atoms with Crippen LogP contribution in [0.3, 0.4) is 0 Å². The van der Waals surface area contributed by atoms with Crippen molar-refractivity contribution in [1.82, 2.24) is 0 Å². The molecule has 50 heavy (non-hydrogen) atoms. The Morgan fingerprint density at radius 3 is 1.22 bits per heavy atom. The second kappa shape index (κ2) is 97.9. The van der Waals surface area contributed by atoms with Crippen molar-refractivity contribution in [2.75, 3.05) is 41.7 Å². The van der Waals surface area contributed by atoms with Crippen LogP contribution in [0.1, 0.15) is 78.1 Å². The Balaban J connectivity index is -0.0000000581. The molecule has 0 fully saturated rings. The van der Waals surface area contributed by atoms with Crippen molar-refractivity contribution in [3.05, 3.63) is 138 Å². The third kappa shape index (κ3) is 126. The number of aliphatic hydroxyl groups is 1. The van der Waals surface area contributed by atoms with Crippen LogP contribution < -0.4 is 13.3 Å². The first-order valence-electron chi connectivity index (χ1n) is 15.8. The second-order valence-corrected chi connectivity index (χ2v) is 24.8. The molecule has 1 unspecified atom stereocenters. The van der Waals surface area contributed by atoms with Crippen molar-refractivity contribution in [2.45, 2.75) is 84.2 Å². The van der Waals surface area contributed by atoms with Gasteiger partial charge in [-0.05, 0) is 70.6 Å². The Hall–Kier alpha value is 0.630. The van der Waals surface area contributed by atoms with Crippen LogP contribution >= 0.6 is 74.5 Å². The molecule has 0 saturated carbocycles. The van der Waals surface area contributed by atoms with Crippen LogP contribution in [0, 0.1) is 0 Å². The van der Waals surface area contributed by atoms with Crippen molar-refractivity contribution >= 4 is 74.5 Å². The van der Waals surface area contributed by atoms with Gasteiger partial charge < -0.3 is 19.3 Å². The summed E-state index contributed by atoms with van der Waals surface area (Å²) < 4.78 is 14.8. The number of aliphatic hydroxyl groups excluding tert-OH is 1. The van der Waals surface area contributed by atoms with E-state index in [2.05, 4.69) is 145 Å². The fourth-order valence-electron chi connectivity index (χ4n) is 2.53. The van der Waals surface area contributed by atoms with Crippen LogP contribution in [0.4, 0.5) is 0 Å². The molecular weight excluding hydrogens is 1190 g/mol. The van der Waals surface area contributed by atoms with Gasteiger partial charge in [-0.1, -0.05) is 112 Å². The third-order valence-corrected chi connectivity index (χ3v) is 4.86. The SMILES string of the molecule is C.C=C/C=C/CCC=C.C=CC=C.C=CCCC/C=C/COC.C=CCCC/C=C\COC.C=CCCCC(C=C)OC.CO.II.I[I-]I. The number of allylic oxidation sites excluding steroid dienone is 11. The average Bonchev–Trinajstić information content (AvgIpc) is 3.14. The van der Waals surface area contributed by atoms with Crippen molar-refractivity contribution in [3.8, 4) is 0 Å². The molecule has 9 heteroatoms. The quantitative estimate of drug-likeness (QED) is 0.0479. The molecule has 0 radical (unpaired) electrons. The van der Waals surface area contributed by atoms with Gasteiger partial charge in [0.25, 0.3) is 0 Å². The molecule has 0 spiro atoms. The van der Waals surface area contributed by atoms with Crippen LogP contribution in [-0.4, -0.2) is 52.9 Å². The van der Waals surface area contributed by atoms with Crippen molar-refractivity contribution in [1.29, 1.82) is 0 Å². The van der Waals surface area contributed by atoms with Gasteiger partial charge in [0.05, 0.1) is 19.3 Å². The predicted octanol–water partition coefficient (Wildman–Crippen LogP) is 12.5. The molecule has 0 aliphatic carbocycles. The van der Waals surface area contributed by atoms with Gasteiger partial charge in [0.1, 0.15) is 0 Å². The van der Waals surface area contributed by atoms with E-state index in [1.807, 2.05) is 48.6 Å². The molecule has 0 bridgehead atoms. The van der Waals surface area contributed by atoms with Gasteiger partial charge >= 0.3 is 50.5 Å². The van der Waals surface area contributed by atoms with Gasteiger partial charge in [-0.25, -0.2) is 0 Å². The molecule has 0 aliphatic rings. The zero-order chi connectivity index (χ0) is 39.5. The molecule has 0 amide bonds. The van der Waals surface area contributed by atoms with E-state index in [-0.39, 0.29) is 13.5 Å². The molecule has 1 N–H and O–H groups in total. The van der Waals surface area contributed by atoms with Gasteiger partial charge in [0.2, 0.25) is 0 Å². The molecule has 298 valence electrons. The number of ether oxygens (including phenoxy) is 3. The Bertz CT molecular complexity index is 677. The van der Waals surface area contributed by atoms with Crippen LogP contribution in [0.2, 0.25) is 0 Å². The number of methoxy groups -OCH3 is 3. The third-order valence-electron chi connectivity index (χ3n) is 4.86. The summed E-state index contributed by atoms with van der Waals surface area (Å²) >= 11 is 9.54. The predicted molar refractivity (Wildman–Crippen MR) is 265 cm³/mol. The van der Waals surface area contributed by atoms with Crippen molar-refractivity contribution in [2.24, 2.45) is 0 Å².